The molecule has 0 aliphatic heterocycles. The molecule has 104 valence electrons. The number of aromatic nitrogens is 1. The summed E-state index contributed by atoms with van der Waals surface area (Å²) in [5.41, 5.74) is 5.64. The lowest BCUT2D eigenvalue weighted by molar-refractivity contribution is 0.158. The average molecular weight is 293 g/mol. The molecule has 18 heavy (non-hydrogen) atoms. The second-order valence-corrected chi connectivity index (χ2v) is 6.49. The van der Waals surface area contributed by atoms with Crippen LogP contribution in [0.1, 0.15) is 20.3 Å². The highest BCUT2D eigenvalue weighted by Crippen LogP contribution is 2.32. The Kier molecular flexibility index (Phi) is 5.83. The van der Waals surface area contributed by atoms with Crippen molar-refractivity contribution in [1.29, 1.82) is 0 Å². The quantitative estimate of drug-likeness (QED) is 0.703. The van der Waals surface area contributed by atoms with Crippen molar-refractivity contribution < 1.29 is 13.2 Å². The molecule has 1 aromatic rings. The number of ether oxygens (including phenoxy) is 1. The van der Waals surface area contributed by atoms with Crippen molar-refractivity contribution in [2.75, 3.05) is 36.6 Å². The Morgan fingerprint density at radius 1 is 1.44 bits per heavy atom. The zero-order valence-corrected chi connectivity index (χ0v) is 12.2. The summed E-state index contributed by atoms with van der Waals surface area (Å²) < 4.78 is 33.2. The monoisotopic (exact) mass is 293 g/mol. The van der Waals surface area contributed by atoms with E-state index in [4.69, 9.17) is 10.5 Å². The van der Waals surface area contributed by atoms with Gasteiger partial charge in [-0.05, 0) is 24.9 Å². The fourth-order valence-corrected chi connectivity index (χ4v) is 4.11. The Bertz CT molecular complexity index is 471. The van der Waals surface area contributed by atoms with Crippen molar-refractivity contribution >= 4 is 32.2 Å². The minimum atomic E-state index is -3.35. The first kappa shape index (κ1) is 15.2. The Hall–Kier alpha value is -0.860. The lowest BCUT2D eigenvalue weighted by atomic mass is 10.5. The van der Waals surface area contributed by atoms with E-state index in [2.05, 4.69) is 9.69 Å². The molecule has 3 N–H and O–H groups in total. The van der Waals surface area contributed by atoms with E-state index in [1.54, 1.807) is 0 Å². The van der Waals surface area contributed by atoms with E-state index in [1.165, 1.54) is 0 Å². The van der Waals surface area contributed by atoms with E-state index in [0.29, 0.717) is 31.2 Å². The number of sulfone groups is 1. The van der Waals surface area contributed by atoms with Gasteiger partial charge < -0.3 is 15.8 Å². The number of anilines is 2. The smallest absolute Gasteiger partial charge is 0.185 e. The molecule has 0 atom stereocenters. The Morgan fingerprint density at radius 3 is 2.78 bits per heavy atom. The zero-order chi connectivity index (χ0) is 13.6. The first-order chi connectivity index (χ1) is 8.53. The standard InChI is InChI=1S/C10H19N3O3S2/c1-3-7-18(14,15)8-9(11)13-17-10(8)12-5-6-16-4-2/h12H,3-7H2,1-2H3,(H2,11,13). The average Bonchev–Trinajstić information content (AvgIpc) is 2.67. The number of nitrogens with zero attached hydrogens (tertiary/aromatic N) is 1. The summed E-state index contributed by atoms with van der Waals surface area (Å²) in [7, 11) is -3.35. The van der Waals surface area contributed by atoms with Gasteiger partial charge >= 0.3 is 0 Å². The number of hydrogen-bond donors (Lipinski definition) is 2. The molecule has 0 amide bonds. The summed E-state index contributed by atoms with van der Waals surface area (Å²) in [5, 5.41) is 3.51. The van der Waals surface area contributed by atoms with Gasteiger partial charge in [-0.2, -0.15) is 4.37 Å². The summed E-state index contributed by atoms with van der Waals surface area (Å²) >= 11 is 1.07. The van der Waals surface area contributed by atoms with Crippen LogP contribution in [0.3, 0.4) is 0 Å². The molecule has 0 radical (unpaired) electrons. The number of nitrogen functional groups attached to an aromatic ring is 1. The van der Waals surface area contributed by atoms with Gasteiger partial charge in [-0.15, -0.1) is 0 Å². The fourth-order valence-electron chi connectivity index (χ4n) is 1.46. The zero-order valence-electron chi connectivity index (χ0n) is 10.6. The normalized spacial score (nSPS) is 11.7. The SMILES string of the molecule is CCCS(=O)(=O)c1c(N)nsc1NCCOCC. The number of rotatable bonds is 8. The van der Waals surface area contributed by atoms with E-state index >= 15 is 0 Å². The topological polar surface area (TPSA) is 94.3 Å². The molecule has 0 saturated carbocycles. The van der Waals surface area contributed by atoms with Gasteiger partial charge in [-0.3, -0.25) is 0 Å². The highest BCUT2D eigenvalue weighted by Gasteiger charge is 2.24. The lowest BCUT2D eigenvalue weighted by Crippen LogP contribution is -2.13. The second-order valence-electron chi connectivity index (χ2n) is 3.67. The number of nitrogens with two attached hydrogens (primary N) is 1. The first-order valence-electron chi connectivity index (χ1n) is 5.82. The maximum absolute atomic E-state index is 12.0. The van der Waals surface area contributed by atoms with Crippen LogP contribution in [0, 0.1) is 0 Å². The molecule has 1 heterocycles. The summed E-state index contributed by atoms with van der Waals surface area (Å²) in [6.45, 7) is 5.40. The molecule has 0 aliphatic rings. The predicted molar refractivity (Wildman–Crippen MR) is 73.9 cm³/mol. The fraction of sp³-hybridized carbons (Fsp3) is 0.700. The van der Waals surface area contributed by atoms with Crippen LogP contribution < -0.4 is 11.1 Å². The summed E-state index contributed by atoms with van der Waals surface area (Å²) in [6, 6.07) is 0. The number of hydrogen-bond acceptors (Lipinski definition) is 7. The molecule has 0 bridgehead atoms. The van der Waals surface area contributed by atoms with Crippen molar-refractivity contribution in [2.24, 2.45) is 0 Å². The van der Waals surface area contributed by atoms with Crippen LogP contribution in [0.25, 0.3) is 0 Å². The first-order valence-corrected chi connectivity index (χ1v) is 8.25. The Balaban J connectivity index is 2.82. The van der Waals surface area contributed by atoms with Crippen molar-refractivity contribution in [3.05, 3.63) is 0 Å². The molecular weight excluding hydrogens is 274 g/mol. The van der Waals surface area contributed by atoms with Crippen molar-refractivity contribution in [1.82, 2.24) is 4.37 Å². The van der Waals surface area contributed by atoms with Crippen molar-refractivity contribution in [3.63, 3.8) is 0 Å². The molecule has 6 nitrogen and oxygen atoms in total. The van der Waals surface area contributed by atoms with Gasteiger partial charge in [0.1, 0.15) is 9.90 Å². The third-order valence-electron chi connectivity index (χ3n) is 2.19. The highest BCUT2D eigenvalue weighted by molar-refractivity contribution is 7.91. The van der Waals surface area contributed by atoms with Gasteiger partial charge in [0.25, 0.3) is 0 Å². The third kappa shape index (κ3) is 3.82. The number of nitrogens with one attached hydrogen (secondary N) is 1. The molecule has 0 unspecified atom stereocenters. The minimum absolute atomic E-state index is 0.0763. The van der Waals surface area contributed by atoms with E-state index in [-0.39, 0.29) is 16.5 Å². The van der Waals surface area contributed by atoms with Crippen molar-refractivity contribution in [2.45, 2.75) is 25.2 Å². The summed E-state index contributed by atoms with van der Waals surface area (Å²) in [6.07, 6.45) is 0.552. The van der Waals surface area contributed by atoms with E-state index in [9.17, 15) is 8.42 Å². The Labute approximate surface area is 112 Å². The summed E-state index contributed by atoms with van der Waals surface area (Å²) in [5.74, 6) is 0.155. The van der Waals surface area contributed by atoms with Crippen LogP contribution in [-0.2, 0) is 14.6 Å². The predicted octanol–water partition coefficient (Wildman–Crippen LogP) is 1.36. The van der Waals surface area contributed by atoms with Gasteiger partial charge in [-0.1, -0.05) is 6.92 Å². The maximum Gasteiger partial charge on any atom is 0.185 e. The molecule has 0 aromatic carbocycles. The molecule has 1 aromatic heterocycles. The maximum atomic E-state index is 12.0. The highest BCUT2D eigenvalue weighted by atomic mass is 32.2. The molecular formula is C10H19N3O3S2. The van der Waals surface area contributed by atoms with Gasteiger partial charge in [0.2, 0.25) is 0 Å². The van der Waals surface area contributed by atoms with Gasteiger partial charge in [0.15, 0.2) is 15.7 Å². The van der Waals surface area contributed by atoms with E-state index in [0.717, 1.165) is 11.5 Å². The largest absolute Gasteiger partial charge is 0.382 e. The van der Waals surface area contributed by atoms with Crippen LogP contribution in [0.4, 0.5) is 10.8 Å². The molecule has 0 fully saturated rings. The van der Waals surface area contributed by atoms with Gasteiger partial charge in [-0.25, -0.2) is 8.42 Å². The van der Waals surface area contributed by atoms with E-state index < -0.39 is 9.84 Å². The molecule has 0 saturated heterocycles. The second kappa shape index (κ2) is 6.91. The summed E-state index contributed by atoms with van der Waals surface area (Å²) in [4.78, 5) is 0.130. The van der Waals surface area contributed by atoms with Crippen LogP contribution >= 0.6 is 11.5 Å². The van der Waals surface area contributed by atoms with Crippen LogP contribution in [-0.4, -0.2) is 38.3 Å². The molecule has 8 heteroatoms. The van der Waals surface area contributed by atoms with Gasteiger partial charge in [0.05, 0.1) is 12.4 Å². The van der Waals surface area contributed by atoms with Crippen LogP contribution in [0.5, 0.6) is 0 Å². The Morgan fingerprint density at radius 2 is 2.17 bits per heavy atom. The molecule has 1 rings (SSSR count). The minimum Gasteiger partial charge on any atom is -0.382 e. The van der Waals surface area contributed by atoms with Crippen LogP contribution in [0.2, 0.25) is 0 Å². The molecule has 0 aliphatic carbocycles. The van der Waals surface area contributed by atoms with Crippen LogP contribution in [0.15, 0.2) is 4.90 Å². The lowest BCUT2D eigenvalue weighted by Gasteiger charge is -2.07. The van der Waals surface area contributed by atoms with Gasteiger partial charge in [0, 0.05) is 13.2 Å². The van der Waals surface area contributed by atoms with E-state index in [1.807, 2.05) is 13.8 Å². The molecule has 0 spiro atoms. The van der Waals surface area contributed by atoms with Crippen molar-refractivity contribution in [3.8, 4) is 0 Å². The third-order valence-corrected chi connectivity index (χ3v) is 5.12.